The van der Waals surface area contributed by atoms with Crippen molar-refractivity contribution in [3.05, 3.63) is 29.0 Å². The van der Waals surface area contributed by atoms with E-state index in [2.05, 4.69) is 37.2 Å². The maximum atomic E-state index is 6.13. The fourth-order valence-corrected chi connectivity index (χ4v) is 3.22. The second kappa shape index (κ2) is 6.36. The predicted molar refractivity (Wildman–Crippen MR) is 87.5 cm³/mol. The minimum atomic E-state index is 0.426. The van der Waals surface area contributed by atoms with E-state index in [1.807, 2.05) is 18.2 Å². The fraction of sp³-hybridized carbons (Fsp3) is 0.562. The van der Waals surface area contributed by atoms with Crippen LogP contribution in [0.15, 0.2) is 18.2 Å². The molecule has 2 aromatic rings. The Labute approximate surface area is 131 Å². The van der Waals surface area contributed by atoms with Gasteiger partial charge in [-0.3, -0.25) is 0 Å². The van der Waals surface area contributed by atoms with Crippen LogP contribution in [0.4, 0.5) is 0 Å². The zero-order chi connectivity index (χ0) is 14.9. The summed E-state index contributed by atoms with van der Waals surface area (Å²) in [5.41, 5.74) is 2.05. The average molecular weight is 313 g/mol. The standard InChI is InChI=1S/C16H22Cl2N2/c1-10(2)13(11(3)4)9-20-15-7-12(18)5-6-14(15)19-16(20)8-17/h5-7,10-11,13H,8-9H2,1-4H3. The zero-order valence-electron chi connectivity index (χ0n) is 12.5. The number of halogens is 2. The summed E-state index contributed by atoms with van der Waals surface area (Å²) in [5, 5.41) is 0.741. The molecule has 1 aromatic carbocycles. The molecule has 0 spiro atoms. The van der Waals surface area contributed by atoms with Gasteiger partial charge in [0.2, 0.25) is 0 Å². The van der Waals surface area contributed by atoms with Gasteiger partial charge in [-0.1, -0.05) is 39.3 Å². The summed E-state index contributed by atoms with van der Waals surface area (Å²) >= 11 is 12.2. The van der Waals surface area contributed by atoms with E-state index in [1.54, 1.807) is 0 Å². The van der Waals surface area contributed by atoms with E-state index in [0.717, 1.165) is 28.4 Å². The quantitative estimate of drug-likeness (QED) is 0.680. The first-order valence-corrected chi connectivity index (χ1v) is 8.06. The van der Waals surface area contributed by atoms with Crippen LogP contribution in [-0.2, 0) is 12.4 Å². The number of hydrogen-bond acceptors (Lipinski definition) is 1. The summed E-state index contributed by atoms with van der Waals surface area (Å²) in [6.45, 7) is 10.0. The maximum Gasteiger partial charge on any atom is 0.124 e. The van der Waals surface area contributed by atoms with E-state index in [9.17, 15) is 0 Å². The number of alkyl halides is 1. The Kier molecular flexibility index (Phi) is 4.98. The first kappa shape index (κ1) is 15.7. The van der Waals surface area contributed by atoms with Crippen LogP contribution in [0, 0.1) is 17.8 Å². The normalized spacial score (nSPS) is 12.2. The van der Waals surface area contributed by atoms with Crippen molar-refractivity contribution in [2.75, 3.05) is 0 Å². The van der Waals surface area contributed by atoms with Gasteiger partial charge in [0.15, 0.2) is 0 Å². The van der Waals surface area contributed by atoms with Gasteiger partial charge in [-0.2, -0.15) is 0 Å². The van der Waals surface area contributed by atoms with Crippen molar-refractivity contribution in [3.63, 3.8) is 0 Å². The molecule has 2 nitrogen and oxygen atoms in total. The molecule has 0 radical (unpaired) electrons. The van der Waals surface area contributed by atoms with E-state index < -0.39 is 0 Å². The summed E-state index contributed by atoms with van der Waals surface area (Å²) < 4.78 is 2.24. The molecule has 0 atom stereocenters. The van der Waals surface area contributed by atoms with E-state index in [1.165, 1.54) is 0 Å². The molecule has 0 aliphatic heterocycles. The van der Waals surface area contributed by atoms with Crippen LogP contribution in [0.1, 0.15) is 33.5 Å². The molecule has 20 heavy (non-hydrogen) atoms. The zero-order valence-corrected chi connectivity index (χ0v) is 14.0. The Bertz CT molecular complexity index is 579. The second-order valence-corrected chi connectivity index (χ2v) is 6.76. The van der Waals surface area contributed by atoms with Gasteiger partial charge in [-0.05, 0) is 36.0 Å². The molecule has 0 bridgehead atoms. The van der Waals surface area contributed by atoms with Crippen molar-refractivity contribution in [1.29, 1.82) is 0 Å². The molecule has 1 aromatic heterocycles. The van der Waals surface area contributed by atoms with Crippen LogP contribution in [0.3, 0.4) is 0 Å². The molecular weight excluding hydrogens is 291 g/mol. The van der Waals surface area contributed by atoms with Gasteiger partial charge in [0.05, 0.1) is 16.9 Å². The van der Waals surface area contributed by atoms with E-state index in [-0.39, 0.29) is 0 Å². The highest BCUT2D eigenvalue weighted by Gasteiger charge is 2.21. The molecule has 2 rings (SSSR count). The second-order valence-electron chi connectivity index (χ2n) is 6.06. The molecule has 110 valence electrons. The Hall–Kier alpha value is -0.730. The summed E-state index contributed by atoms with van der Waals surface area (Å²) in [7, 11) is 0. The molecular formula is C16H22Cl2N2. The lowest BCUT2D eigenvalue weighted by Gasteiger charge is -2.26. The van der Waals surface area contributed by atoms with Gasteiger partial charge in [0, 0.05) is 11.6 Å². The first-order chi connectivity index (χ1) is 9.43. The largest absolute Gasteiger partial charge is 0.327 e. The lowest BCUT2D eigenvalue weighted by molar-refractivity contribution is 0.252. The van der Waals surface area contributed by atoms with E-state index >= 15 is 0 Å². The van der Waals surface area contributed by atoms with Gasteiger partial charge in [0.25, 0.3) is 0 Å². The first-order valence-electron chi connectivity index (χ1n) is 7.14. The van der Waals surface area contributed by atoms with Gasteiger partial charge in [-0.15, -0.1) is 11.6 Å². The summed E-state index contributed by atoms with van der Waals surface area (Å²) in [6, 6.07) is 5.82. The Morgan fingerprint density at radius 2 is 1.80 bits per heavy atom. The minimum absolute atomic E-state index is 0.426. The monoisotopic (exact) mass is 312 g/mol. The minimum Gasteiger partial charge on any atom is -0.327 e. The Balaban J connectivity index is 2.48. The Morgan fingerprint density at radius 1 is 1.15 bits per heavy atom. The molecule has 4 heteroatoms. The SMILES string of the molecule is CC(C)C(Cn1c(CCl)nc2ccc(Cl)cc21)C(C)C. The van der Waals surface area contributed by atoms with Crippen LogP contribution >= 0.6 is 23.2 Å². The Morgan fingerprint density at radius 3 is 2.35 bits per heavy atom. The molecule has 0 amide bonds. The van der Waals surface area contributed by atoms with Crippen molar-refractivity contribution in [1.82, 2.24) is 9.55 Å². The summed E-state index contributed by atoms with van der Waals surface area (Å²) in [5.74, 6) is 3.18. The molecule has 1 heterocycles. The van der Waals surface area contributed by atoms with Crippen LogP contribution in [0.25, 0.3) is 11.0 Å². The number of imidazole rings is 1. The third-order valence-corrected chi connectivity index (χ3v) is 4.49. The van der Waals surface area contributed by atoms with Gasteiger partial charge >= 0.3 is 0 Å². The lowest BCUT2D eigenvalue weighted by Crippen LogP contribution is -2.22. The molecule has 0 saturated heterocycles. The van der Waals surface area contributed by atoms with Crippen LogP contribution in [0.5, 0.6) is 0 Å². The molecule has 0 fully saturated rings. The molecule has 0 N–H and O–H groups in total. The predicted octanol–water partition coefficient (Wildman–Crippen LogP) is 5.36. The summed E-state index contributed by atoms with van der Waals surface area (Å²) in [4.78, 5) is 4.62. The molecule has 0 saturated carbocycles. The summed E-state index contributed by atoms with van der Waals surface area (Å²) in [6.07, 6.45) is 0. The average Bonchev–Trinajstić information content (AvgIpc) is 2.72. The molecule has 0 aliphatic rings. The highest BCUT2D eigenvalue weighted by atomic mass is 35.5. The highest BCUT2D eigenvalue weighted by molar-refractivity contribution is 6.31. The third-order valence-electron chi connectivity index (χ3n) is 4.01. The van der Waals surface area contributed by atoms with Crippen molar-refractivity contribution in [3.8, 4) is 0 Å². The van der Waals surface area contributed by atoms with Gasteiger partial charge < -0.3 is 4.57 Å². The number of fused-ring (bicyclic) bond motifs is 1. The topological polar surface area (TPSA) is 17.8 Å². The van der Waals surface area contributed by atoms with Crippen LogP contribution in [0.2, 0.25) is 5.02 Å². The number of nitrogens with zero attached hydrogens (tertiary/aromatic N) is 2. The van der Waals surface area contributed by atoms with Crippen molar-refractivity contribution in [2.24, 2.45) is 17.8 Å². The number of benzene rings is 1. The fourth-order valence-electron chi connectivity index (χ4n) is 2.85. The maximum absolute atomic E-state index is 6.13. The number of hydrogen-bond donors (Lipinski definition) is 0. The van der Waals surface area contributed by atoms with Crippen molar-refractivity contribution < 1.29 is 0 Å². The molecule has 0 aliphatic carbocycles. The van der Waals surface area contributed by atoms with E-state index in [0.29, 0.717) is 23.6 Å². The number of rotatable bonds is 5. The third kappa shape index (κ3) is 3.12. The van der Waals surface area contributed by atoms with E-state index in [4.69, 9.17) is 23.2 Å². The highest BCUT2D eigenvalue weighted by Crippen LogP contribution is 2.27. The number of aromatic nitrogens is 2. The molecule has 0 unspecified atom stereocenters. The van der Waals surface area contributed by atoms with Crippen molar-refractivity contribution in [2.45, 2.75) is 40.1 Å². The van der Waals surface area contributed by atoms with Gasteiger partial charge in [0.1, 0.15) is 5.82 Å². The van der Waals surface area contributed by atoms with Crippen molar-refractivity contribution >= 4 is 34.2 Å². The lowest BCUT2D eigenvalue weighted by atomic mass is 9.85. The van der Waals surface area contributed by atoms with Gasteiger partial charge in [-0.25, -0.2) is 4.98 Å². The smallest absolute Gasteiger partial charge is 0.124 e. The van der Waals surface area contributed by atoms with Crippen LogP contribution < -0.4 is 0 Å². The van der Waals surface area contributed by atoms with Crippen LogP contribution in [-0.4, -0.2) is 9.55 Å².